The molecule has 7 heteroatoms. The van der Waals surface area contributed by atoms with E-state index in [0.29, 0.717) is 18.2 Å². The highest BCUT2D eigenvalue weighted by Gasteiger charge is 2.32. The molecular weight excluding hydrogens is 344 g/mol. The summed E-state index contributed by atoms with van der Waals surface area (Å²) < 4.78 is 10.6. The lowest BCUT2D eigenvalue weighted by atomic mass is 10.1. The zero-order valence-electron chi connectivity index (χ0n) is 15.9. The van der Waals surface area contributed by atoms with Crippen molar-refractivity contribution in [1.82, 2.24) is 19.9 Å². The van der Waals surface area contributed by atoms with Gasteiger partial charge in [0, 0.05) is 32.1 Å². The quantitative estimate of drug-likeness (QED) is 0.778. The molecule has 1 aliphatic heterocycles. The summed E-state index contributed by atoms with van der Waals surface area (Å²) in [5.41, 5.74) is 1.01. The van der Waals surface area contributed by atoms with Crippen LogP contribution in [0, 0.1) is 0 Å². The molecule has 0 bridgehead atoms. The van der Waals surface area contributed by atoms with Crippen LogP contribution >= 0.6 is 0 Å². The van der Waals surface area contributed by atoms with Crippen molar-refractivity contribution in [3.63, 3.8) is 0 Å². The van der Waals surface area contributed by atoms with Crippen LogP contribution in [-0.4, -0.2) is 59.1 Å². The van der Waals surface area contributed by atoms with E-state index in [-0.39, 0.29) is 11.9 Å². The van der Waals surface area contributed by atoms with Gasteiger partial charge in [0.2, 0.25) is 11.8 Å². The van der Waals surface area contributed by atoms with Crippen LogP contribution in [0.5, 0.6) is 5.75 Å². The Balaban J connectivity index is 1.28. The Labute approximate surface area is 159 Å². The number of piperazine rings is 1. The fourth-order valence-corrected chi connectivity index (χ4v) is 3.47. The number of ether oxygens (including phenoxy) is 1. The van der Waals surface area contributed by atoms with Crippen LogP contribution in [0.25, 0.3) is 0 Å². The van der Waals surface area contributed by atoms with Crippen LogP contribution < -0.4 is 4.74 Å². The molecule has 1 saturated carbocycles. The van der Waals surface area contributed by atoms with Crippen molar-refractivity contribution in [1.29, 1.82) is 0 Å². The average Bonchev–Trinajstić information content (AvgIpc) is 3.45. The van der Waals surface area contributed by atoms with Crippen LogP contribution in [-0.2, 0) is 11.2 Å². The Morgan fingerprint density at radius 3 is 2.56 bits per heavy atom. The molecular formula is C20H26N4O3. The summed E-state index contributed by atoms with van der Waals surface area (Å²) in [5.74, 6) is 3.02. The van der Waals surface area contributed by atoms with Gasteiger partial charge in [-0.05, 0) is 37.5 Å². The predicted octanol–water partition coefficient (Wildman–Crippen LogP) is 2.40. The number of benzene rings is 1. The van der Waals surface area contributed by atoms with Gasteiger partial charge in [-0.2, -0.15) is 4.98 Å². The number of carbonyl (C=O) groups is 1. The number of amides is 1. The Hall–Kier alpha value is -2.41. The van der Waals surface area contributed by atoms with E-state index in [9.17, 15) is 4.79 Å². The van der Waals surface area contributed by atoms with Crippen LogP contribution in [0.4, 0.5) is 0 Å². The highest BCUT2D eigenvalue weighted by molar-refractivity contribution is 5.79. The van der Waals surface area contributed by atoms with E-state index in [0.717, 1.165) is 43.3 Å². The second-order valence-electron chi connectivity index (χ2n) is 7.38. The fourth-order valence-electron chi connectivity index (χ4n) is 3.47. The van der Waals surface area contributed by atoms with Crippen molar-refractivity contribution in [3.8, 4) is 5.75 Å². The van der Waals surface area contributed by atoms with E-state index in [1.54, 1.807) is 7.11 Å². The maximum atomic E-state index is 12.6. The molecule has 2 aromatic rings. The van der Waals surface area contributed by atoms with Crippen LogP contribution in [0.2, 0.25) is 0 Å². The zero-order chi connectivity index (χ0) is 18.8. The highest BCUT2D eigenvalue weighted by Crippen LogP contribution is 2.38. The Morgan fingerprint density at radius 2 is 1.93 bits per heavy atom. The average molecular weight is 370 g/mol. The zero-order valence-corrected chi connectivity index (χ0v) is 15.9. The second-order valence-corrected chi connectivity index (χ2v) is 7.38. The number of hydrogen-bond donors (Lipinski definition) is 0. The summed E-state index contributed by atoms with van der Waals surface area (Å²) in [6, 6.07) is 7.76. The molecule has 144 valence electrons. The largest absolute Gasteiger partial charge is 0.497 e. The van der Waals surface area contributed by atoms with Gasteiger partial charge in [0.05, 0.1) is 19.6 Å². The van der Waals surface area contributed by atoms with Crippen molar-refractivity contribution >= 4 is 5.91 Å². The first kappa shape index (κ1) is 18.0. The molecule has 0 N–H and O–H groups in total. The topological polar surface area (TPSA) is 71.7 Å². The number of hydrogen-bond acceptors (Lipinski definition) is 6. The SMILES string of the molecule is COc1ccc(CC(=O)N2CCN(C(C)c3nc(C4CC4)no3)CC2)cc1. The molecule has 1 saturated heterocycles. The maximum absolute atomic E-state index is 12.6. The van der Waals surface area contributed by atoms with Gasteiger partial charge in [-0.15, -0.1) is 0 Å². The van der Waals surface area contributed by atoms with Crippen LogP contribution in [0.1, 0.15) is 49.0 Å². The standard InChI is InChI=1S/C20H26N4O3/c1-14(20-21-19(22-27-20)16-5-6-16)23-9-11-24(12-10-23)18(25)13-15-3-7-17(26-2)8-4-15/h3-4,7-8,14,16H,5-6,9-13H2,1-2H3. The van der Waals surface area contributed by atoms with E-state index < -0.39 is 0 Å². The minimum atomic E-state index is 0.0869. The normalized spacial score (nSPS) is 19.1. The van der Waals surface area contributed by atoms with Crippen molar-refractivity contribution in [3.05, 3.63) is 41.5 Å². The van der Waals surface area contributed by atoms with E-state index in [2.05, 4.69) is 22.0 Å². The molecule has 2 fully saturated rings. The fraction of sp³-hybridized carbons (Fsp3) is 0.550. The minimum absolute atomic E-state index is 0.0869. The summed E-state index contributed by atoms with van der Waals surface area (Å²) in [6.45, 7) is 5.18. The second kappa shape index (κ2) is 7.68. The lowest BCUT2D eigenvalue weighted by Gasteiger charge is -2.36. The van der Waals surface area contributed by atoms with Gasteiger partial charge < -0.3 is 14.2 Å². The molecule has 27 heavy (non-hydrogen) atoms. The van der Waals surface area contributed by atoms with Crippen molar-refractivity contribution in [2.45, 2.75) is 38.1 Å². The van der Waals surface area contributed by atoms with Gasteiger partial charge in [0.1, 0.15) is 5.75 Å². The summed E-state index contributed by atoms with van der Waals surface area (Å²) in [7, 11) is 1.64. The first-order chi connectivity index (χ1) is 13.1. The molecule has 0 radical (unpaired) electrons. The molecule has 1 aliphatic carbocycles. The molecule has 1 aromatic carbocycles. The molecule has 2 aliphatic rings. The van der Waals surface area contributed by atoms with E-state index in [1.807, 2.05) is 29.2 Å². The number of aromatic nitrogens is 2. The van der Waals surface area contributed by atoms with Gasteiger partial charge in [-0.1, -0.05) is 17.3 Å². The molecule has 1 atom stereocenters. The van der Waals surface area contributed by atoms with E-state index >= 15 is 0 Å². The van der Waals surface area contributed by atoms with E-state index in [4.69, 9.17) is 9.26 Å². The first-order valence-corrected chi connectivity index (χ1v) is 9.62. The van der Waals surface area contributed by atoms with Crippen molar-refractivity contribution < 1.29 is 14.1 Å². The summed E-state index contributed by atoms with van der Waals surface area (Å²) in [6.07, 6.45) is 2.76. The molecule has 0 spiro atoms. The van der Waals surface area contributed by atoms with Gasteiger partial charge >= 0.3 is 0 Å². The third-order valence-corrected chi connectivity index (χ3v) is 5.49. The maximum Gasteiger partial charge on any atom is 0.243 e. The number of carbonyl (C=O) groups excluding carboxylic acids is 1. The molecule has 2 heterocycles. The smallest absolute Gasteiger partial charge is 0.243 e. The third-order valence-electron chi connectivity index (χ3n) is 5.49. The third kappa shape index (κ3) is 4.13. The number of rotatable bonds is 6. The van der Waals surface area contributed by atoms with Crippen molar-refractivity contribution in [2.75, 3.05) is 33.3 Å². The predicted molar refractivity (Wildman–Crippen MR) is 99.5 cm³/mol. The Kier molecular flexibility index (Phi) is 5.11. The van der Waals surface area contributed by atoms with Crippen LogP contribution in [0.15, 0.2) is 28.8 Å². The highest BCUT2D eigenvalue weighted by atomic mass is 16.5. The van der Waals surface area contributed by atoms with E-state index in [1.165, 1.54) is 12.8 Å². The lowest BCUT2D eigenvalue weighted by Crippen LogP contribution is -2.49. The van der Waals surface area contributed by atoms with Crippen molar-refractivity contribution in [2.24, 2.45) is 0 Å². The summed E-state index contributed by atoms with van der Waals surface area (Å²) in [4.78, 5) is 21.4. The first-order valence-electron chi connectivity index (χ1n) is 9.62. The molecule has 4 rings (SSSR count). The number of nitrogens with zero attached hydrogens (tertiary/aromatic N) is 4. The Morgan fingerprint density at radius 1 is 1.22 bits per heavy atom. The van der Waals surface area contributed by atoms with Gasteiger partial charge in [-0.25, -0.2) is 0 Å². The number of methoxy groups -OCH3 is 1. The van der Waals surface area contributed by atoms with Gasteiger partial charge in [0.15, 0.2) is 5.82 Å². The minimum Gasteiger partial charge on any atom is -0.497 e. The monoisotopic (exact) mass is 370 g/mol. The molecule has 7 nitrogen and oxygen atoms in total. The molecule has 1 aromatic heterocycles. The van der Waals surface area contributed by atoms with Gasteiger partial charge in [0.25, 0.3) is 0 Å². The van der Waals surface area contributed by atoms with Crippen LogP contribution in [0.3, 0.4) is 0 Å². The summed E-state index contributed by atoms with van der Waals surface area (Å²) in [5, 5.41) is 4.11. The lowest BCUT2D eigenvalue weighted by molar-refractivity contribution is -0.132. The molecule has 1 unspecified atom stereocenters. The summed E-state index contributed by atoms with van der Waals surface area (Å²) >= 11 is 0. The van der Waals surface area contributed by atoms with Gasteiger partial charge in [-0.3, -0.25) is 9.69 Å². The Bertz CT molecular complexity index is 777. The molecule has 1 amide bonds.